The molecule has 0 spiro atoms. The van der Waals surface area contributed by atoms with Crippen molar-refractivity contribution in [1.82, 2.24) is 19.5 Å². The highest BCUT2D eigenvalue weighted by Gasteiger charge is 2.15. The summed E-state index contributed by atoms with van der Waals surface area (Å²) < 4.78 is 16.5. The van der Waals surface area contributed by atoms with Gasteiger partial charge >= 0.3 is 0 Å². The summed E-state index contributed by atoms with van der Waals surface area (Å²) >= 11 is 9.17. The van der Waals surface area contributed by atoms with Crippen LogP contribution in [0, 0.1) is 5.82 Å². The van der Waals surface area contributed by atoms with E-state index in [0.717, 1.165) is 17.2 Å². The van der Waals surface area contributed by atoms with E-state index >= 15 is 0 Å². The van der Waals surface area contributed by atoms with Crippen molar-refractivity contribution in [2.45, 2.75) is 19.9 Å². The lowest BCUT2D eigenvalue weighted by Gasteiger charge is -2.13. The quantitative estimate of drug-likeness (QED) is 0.665. The Balaban J connectivity index is 2.17. The molecule has 0 aromatic carbocycles. The third-order valence-electron chi connectivity index (χ3n) is 3.15. The maximum atomic E-state index is 13.9. The van der Waals surface area contributed by atoms with Crippen LogP contribution in [0.5, 0.6) is 0 Å². The van der Waals surface area contributed by atoms with Crippen molar-refractivity contribution in [1.29, 1.82) is 0 Å². The highest BCUT2D eigenvalue weighted by molar-refractivity contribution is 9.10. The zero-order chi connectivity index (χ0) is 15.9. The molecule has 0 saturated carbocycles. The Labute approximate surface area is 139 Å². The summed E-state index contributed by atoms with van der Waals surface area (Å²) in [7, 11) is 0. The summed E-state index contributed by atoms with van der Waals surface area (Å²) in [5.41, 5.74) is 1.77. The van der Waals surface area contributed by atoms with Gasteiger partial charge in [-0.05, 0) is 35.8 Å². The summed E-state index contributed by atoms with van der Waals surface area (Å²) in [6.45, 7) is 4.08. The number of anilines is 2. The molecule has 1 N–H and O–H groups in total. The van der Waals surface area contributed by atoms with Gasteiger partial charge in [0.25, 0.3) is 0 Å². The summed E-state index contributed by atoms with van der Waals surface area (Å²) in [6.07, 6.45) is 2.81. The van der Waals surface area contributed by atoms with Gasteiger partial charge in [0.1, 0.15) is 15.3 Å². The van der Waals surface area contributed by atoms with Crippen LogP contribution in [0.3, 0.4) is 0 Å². The van der Waals surface area contributed by atoms with Crippen LogP contribution >= 0.6 is 27.5 Å². The number of pyridine rings is 2. The first kappa shape index (κ1) is 15.2. The fourth-order valence-electron chi connectivity index (χ4n) is 2.14. The van der Waals surface area contributed by atoms with Crippen LogP contribution in [-0.4, -0.2) is 19.5 Å². The van der Waals surface area contributed by atoms with Crippen LogP contribution in [0.25, 0.3) is 11.0 Å². The second-order valence-electron chi connectivity index (χ2n) is 5.02. The molecule has 5 nitrogen and oxygen atoms in total. The molecule has 0 radical (unpaired) electrons. The van der Waals surface area contributed by atoms with Crippen molar-refractivity contribution in [3.8, 4) is 0 Å². The van der Waals surface area contributed by atoms with Gasteiger partial charge in [0.15, 0.2) is 11.6 Å². The highest BCUT2D eigenvalue weighted by Crippen LogP contribution is 2.30. The Morgan fingerprint density at radius 2 is 2.09 bits per heavy atom. The molecule has 8 heteroatoms. The van der Waals surface area contributed by atoms with Crippen molar-refractivity contribution in [3.63, 3.8) is 0 Å². The van der Waals surface area contributed by atoms with Gasteiger partial charge in [-0.25, -0.2) is 19.3 Å². The number of hydrogen-bond acceptors (Lipinski definition) is 4. The van der Waals surface area contributed by atoms with Gasteiger partial charge in [-0.1, -0.05) is 11.6 Å². The van der Waals surface area contributed by atoms with Gasteiger partial charge in [0, 0.05) is 12.1 Å². The van der Waals surface area contributed by atoms with Crippen molar-refractivity contribution in [2.75, 3.05) is 5.32 Å². The standard InChI is InChI=1S/C14H12BrClFN5/c1-7(2)22-6-19-10-3-11(15)21-14(13(10)22)20-9-4-12(16)18-5-8(9)17/h3-7H,1-2H3,(H,18,20,21). The van der Waals surface area contributed by atoms with Crippen molar-refractivity contribution in [3.05, 3.63) is 40.2 Å². The zero-order valence-electron chi connectivity index (χ0n) is 11.8. The molecule has 22 heavy (non-hydrogen) atoms. The summed E-state index contributed by atoms with van der Waals surface area (Å²) in [5, 5.41) is 3.18. The Bertz CT molecular complexity index is 849. The molecule has 3 rings (SSSR count). The lowest BCUT2D eigenvalue weighted by Crippen LogP contribution is -2.04. The van der Waals surface area contributed by atoms with Gasteiger partial charge in [-0.2, -0.15) is 0 Å². The lowest BCUT2D eigenvalue weighted by molar-refractivity contribution is 0.617. The van der Waals surface area contributed by atoms with E-state index in [-0.39, 0.29) is 16.9 Å². The van der Waals surface area contributed by atoms with Gasteiger partial charge < -0.3 is 9.88 Å². The van der Waals surface area contributed by atoms with E-state index in [1.54, 1.807) is 6.33 Å². The predicted molar refractivity (Wildman–Crippen MR) is 88.1 cm³/mol. The topological polar surface area (TPSA) is 55.6 Å². The second-order valence-corrected chi connectivity index (χ2v) is 6.22. The van der Waals surface area contributed by atoms with Crippen molar-refractivity contribution in [2.24, 2.45) is 0 Å². The molecule has 3 heterocycles. The molecule has 0 unspecified atom stereocenters. The van der Waals surface area contributed by atoms with Gasteiger partial charge in [-0.3, -0.25) is 0 Å². The third kappa shape index (κ3) is 2.78. The van der Waals surface area contributed by atoms with Crippen LogP contribution in [0.4, 0.5) is 15.9 Å². The number of halogens is 3. The van der Waals surface area contributed by atoms with Crippen LogP contribution < -0.4 is 5.32 Å². The van der Waals surface area contributed by atoms with E-state index in [0.29, 0.717) is 10.4 Å². The molecule has 0 saturated heterocycles. The van der Waals surface area contributed by atoms with Gasteiger partial charge in [-0.15, -0.1) is 0 Å². The summed E-state index contributed by atoms with van der Waals surface area (Å²) in [6, 6.07) is 3.43. The highest BCUT2D eigenvalue weighted by atomic mass is 79.9. The van der Waals surface area contributed by atoms with Crippen LogP contribution in [0.2, 0.25) is 5.15 Å². The Morgan fingerprint density at radius 3 is 2.82 bits per heavy atom. The monoisotopic (exact) mass is 383 g/mol. The van der Waals surface area contributed by atoms with E-state index in [1.807, 2.05) is 24.5 Å². The van der Waals surface area contributed by atoms with Gasteiger partial charge in [0.05, 0.1) is 23.7 Å². The number of imidazole rings is 1. The maximum absolute atomic E-state index is 13.9. The fraction of sp³-hybridized carbons (Fsp3) is 0.214. The molecule has 114 valence electrons. The average molecular weight is 385 g/mol. The fourth-order valence-corrected chi connectivity index (χ4v) is 2.70. The molecular weight excluding hydrogens is 373 g/mol. The molecule has 0 aliphatic carbocycles. The maximum Gasteiger partial charge on any atom is 0.165 e. The number of fused-ring (bicyclic) bond motifs is 1. The molecule has 0 fully saturated rings. The van der Waals surface area contributed by atoms with Crippen LogP contribution in [-0.2, 0) is 0 Å². The van der Waals surface area contributed by atoms with Gasteiger partial charge in [0.2, 0.25) is 0 Å². The Hall–Kier alpha value is -1.73. The van der Waals surface area contributed by atoms with E-state index in [4.69, 9.17) is 11.6 Å². The first-order valence-electron chi connectivity index (χ1n) is 6.57. The molecule has 0 aliphatic heterocycles. The molecule has 3 aromatic rings. The predicted octanol–water partition coefficient (Wildman–Crippen LogP) is 4.71. The number of aromatic nitrogens is 4. The van der Waals surface area contributed by atoms with Crippen molar-refractivity contribution < 1.29 is 4.39 Å². The number of hydrogen-bond donors (Lipinski definition) is 1. The molecular formula is C14H12BrClFN5. The first-order valence-corrected chi connectivity index (χ1v) is 7.74. The molecule has 0 amide bonds. The molecule has 0 bridgehead atoms. The van der Waals surface area contributed by atoms with E-state index in [1.165, 1.54) is 6.07 Å². The van der Waals surface area contributed by atoms with E-state index in [2.05, 4.69) is 36.2 Å². The molecule has 3 aromatic heterocycles. The first-order chi connectivity index (χ1) is 10.5. The Kier molecular flexibility index (Phi) is 4.01. The normalized spacial score (nSPS) is 11.4. The molecule has 0 atom stereocenters. The smallest absolute Gasteiger partial charge is 0.165 e. The minimum absolute atomic E-state index is 0.194. The SMILES string of the molecule is CC(C)n1cnc2cc(Br)nc(Nc3cc(Cl)ncc3F)c21. The second kappa shape index (κ2) is 5.81. The van der Waals surface area contributed by atoms with Crippen molar-refractivity contribution >= 4 is 50.1 Å². The van der Waals surface area contributed by atoms with E-state index in [9.17, 15) is 4.39 Å². The summed E-state index contributed by atoms with van der Waals surface area (Å²) in [4.78, 5) is 12.5. The minimum Gasteiger partial charge on any atom is -0.336 e. The largest absolute Gasteiger partial charge is 0.336 e. The molecule has 0 aliphatic rings. The minimum atomic E-state index is -0.505. The Morgan fingerprint density at radius 1 is 1.32 bits per heavy atom. The lowest BCUT2D eigenvalue weighted by atomic mass is 10.3. The zero-order valence-corrected chi connectivity index (χ0v) is 14.2. The number of rotatable bonds is 3. The summed E-state index contributed by atoms with van der Waals surface area (Å²) in [5.74, 6) is -0.00770. The average Bonchev–Trinajstić information content (AvgIpc) is 2.86. The van der Waals surface area contributed by atoms with Crippen LogP contribution in [0.15, 0.2) is 29.3 Å². The number of nitrogens with zero attached hydrogens (tertiary/aromatic N) is 4. The van der Waals surface area contributed by atoms with E-state index < -0.39 is 5.82 Å². The number of nitrogens with one attached hydrogen (secondary N) is 1. The third-order valence-corrected chi connectivity index (χ3v) is 3.77. The van der Waals surface area contributed by atoms with Crippen LogP contribution in [0.1, 0.15) is 19.9 Å².